The predicted octanol–water partition coefficient (Wildman–Crippen LogP) is 2.49. The minimum atomic E-state index is -3.55. The highest BCUT2D eigenvalue weighted by atomic mass is 32.2. The standard InChI is InChI=1S/C15H17N3O3S2/c1-11-4-5-12(14(19)17-15-16-6-9-22-15)10-13(11)23(20,21)18-7-2-3-8-18/h4-6,9-10H,2-3,7-8H2,1H3,(H,16,17,19). The Morgan fingerprint density at radius 3 is 2.70 bits per heavy atom. The number of aryl methyl sites for hydroxylation is 1. The van der Waals surface area contributed by atoms with Crippen LogP contribution in [0.2, 0.25) is 0 Å². The van der Waals surface area contributed by atoms with Crippen LogP contribution in [0.15, 0.2) is 34.7 Å². The van der Waals surface area contributed by atoms with Crippen LogP contribution in [0.3, 0.4) is 0 Å². The molecule has 1 aromatic heterocycles. The maximum atomic E-state index is 12.7. The van der Waals surface area contributed by atoms with E-state index < -0.39 is 10.0 Å². The molecule has 23 heavy (non-hydrogen) atoms. The van der Waals surface area contributed by atoms with Gasteiger partial charge in [-0.1, -0.05) is 6.07 Å². The third-order valence-corrected chi connectivity index (χ3v) is 6.52. The minimum absolute atomic E-state index is 0.200. The molecule has 2 aromatic rings. The van der Waals surface area contributed by atoms with Gasteiger partial charge in [-0.3, -0.25) is 10.1 Å². The Labute approximate surface area is 139 Å². The van der Waals surface area contributed by atoms with E-state index in [-0.39, 0.29) is 10.8 Å². The fraction of sp³-hybridized carbons (Fsp3) is 0.333. The van der Waals surface area contributed by atoms with Gasteiger partial charge >= 0.3 is 0 Å². The Morgan fingerprint density at radius 1 is 1.30 bits per heavy atom. The molecule has 0 unspecified atom stereocenters. The fourth-order valence-electron chi connectivity index (χ4n) is 2.54. The topological polar surface area (TPSA) is 79.4 Å². The van der Waals surface area contributed by atoms with Crippen molar-refractivity contribution in [2.75, 3.05) is 18.4 Å². The van der Waals surface area contributed by atoms with Crippen LogP contribution in [0, 0.1) is 6.92 Å². The van der Waals surface area contributed by atoms with E-state index in [2.05, 4.69) is 10.3 Å². The summed E-state index contributed by atoms with van der Waals surface area (Å²) in [5.41, 5.74) is 0.950. The summed E-state index contributed by atoms with van der Waals surface area (Å²) in [6.07, 6.45) is 3.35. The van der Waals surface area contributed by atoms with Crippen LogP contribution < -0.4 is 5.32 Å². The van der Waals surface area contributed by atoms with E-state index in [4.69, 9.17) is 0 Å². The van der Waals surface area contributed by atoms with Crippen molar-refractivity contribution < 1.29 is 13.2 Å². The van der Waals surface area contributed by atoms with Crippen molar-refractivity contribution in [2.24, 2.45) is 0 Å². The van der Waals surface area contributed by atoms with E-state index in [9.17, 15) is 13.2 Å². The number of nitrogens with zero attached hydrogens (tertiary/aromatic N) is 2. The average Bonchev–Trinajstić information content (AvgIpc) is 3.21. The molecule has 1 aliphatic heterocycles. The molecule has 1 aliphatic rings. The quantitative estimate of drug-likeness (QED) is 0.918. The number of rotatable bonds is 4. The molecular weight excluding hydrogens is 334 g/mol. The molecule has 0 bridgehead atoms. The number of hydrogen-bond acceptors (Lipinski definition) is 5. The second kappa shape index (κ2) is 6.38. The number of thiazole rings is 1. The summed E-state index contributed by atoms with van der Waals surface area (Å²) in [5, 5.41) is 4.91. The molecule has 0 spiro atoms. The van der Waals surface area contributed by atoms with Crippen LogP contribution in [0.25, 0.3) is 0 Å². The molecule has 1 amide bonds. The largest absolute Gasteiger partial charge is 0.298 e. The van der Waals surface area contributed by atoms with E-state index in [0.717, 1.165) is 12.8 Å². The molecule has 1 N–H and O–H groups in total. The maximum absolute atomic E-state index is 12.7. The Balaban J connectivity index is 1.91. The zero-order chi connectivity index (χ0) is 16.4. The molecule has 0 aliphatic carbocycles. The molecule has 3 rings (SSSR count). The van der Waals surface area contributed by atoms with Crippen molar-refractivity contribution in [3.05, 3.63) is 40.9 Å². The zero-order valence-electron chi connectivity index (χ0n) is 12.7. The maximum Gasteiger partial charge on any atom is 0.257 e. The molecule has 0 atom stereocenters. The Hall–Kier alpha value is -1.77. The predicted molar refractivity (Wildman–Crippen MR) is 89.2 cm³/mol. The van der Waals surface area contributed by atoms with Crippen LogP contribution in [0.5, 0.6) is 0 Å². The monoisotopic (exact) mass is 351 g/mol. The molecule has 2 heterocycles. The van der Waals surface area contributed by atoms with Gasteiger partial charge in [0.2, 0.25) is 10.0 Å². The second-order valence-corrected chi connectivity index (χ2v) is 8.18. The van der Waals surface area contributed by atoms with Crippen LogP contribution >= 0.6 is 11.3 Å². The van der Waals surface area contributed by atoms with E-state index >= 15 is 0 Å². The lowest BCUT2D eigenvalue weighted by Gasteiger charge is -2.17. The lowest BCUT2D eigenvalue weighted by molar-refractivity contribution is 0.102. The molecule has 1 aromatic carbocycles. The Morgan fingerprint density at radius 2 is 2.04 bits per heavy atom. The molecule has 0 radical (unpaired) electrons. The molecule has 1 fully saturated rings. The van der Waals surface area contributed by atoms with Gasteiger partial charge in [-0.2, -0.15) is 4.31 Å². The number of nitrogens with one attached hydrogen (secondary N) is 1. The summed E-state index contributed by atoms with van der Waals surface area (Å²) in [6, 6.07) is 4.74. The van der Waals surface area contributed by atoms with E-state index in [1.54, 1.807) is 30.6 Å². The lowest BCUT2D eigenvalue weighted by Crippen LogP contribution is -2.28. The van der Waals surface area contributed by atoms with Crippen LogP contribution in [0.1, 0.15) is 28.8 Å². The third kappa shape index (κ3) is 3.29. The van der Waals surface area contributed by atoms with Gasteiger partial charge in [-0.25, -0.2) is 13.4 Å². The summed E-state index contributed by atoms with van der Waals surface area (Å²) in [6.45, 7) is 2.82. The summed E-state index contributed by atoms with van der Waals surface area (Å²) in [5.74, 6) is -0.363. The first kappa shape index (κ1) is 16.1. The summed E-state index contributed by atoms with van der Waals surface area (Å²) in [7, 11) is -3.55. The smallest absolute Gasteiger partial charge is 0.257 e. The van der Waals surface area contributed by atoms with E-state index in [1.165, 1.54) is 21.7 Å². The number of carbonyl (C=O) groups is 1. The highest BCUT2D eigenvalue weighted by molar-refractivity contribution is 7.89. The number of aromatic nitrogens is 1. The highest BCUT2D eigenvalue weighted by Crippen LogP contribution is 2.25. The van der Waals surface area contributed by atoms with Crippen molar-refractivity contribution in [2.45, 2.75) is 24.7 Å². The van der Waals surface area contributed by atoms with Crippen molar-refractivity contribution in [3.63, 3.8) is 0 Å². The number of sulfonamides is 1. The number of hydrogen-bond donors (Lipinski definition) is 1. The van der Waals surface area contributed by atoms with E-state index in [1.807, 2.05) is 0 Å². The van der Waals surface area contributed by atoms with Crippen molar-refractivity contribution >= 4 is 32.4 Å². The third-order valence-electron chi connectivity index (χ3n) is 3.79. The first-order valence-electron chi connectivity index (χ1n) is 7.30. The van der Waals surface area contributed by atoms with Gasteiger partial charge in [0.1, 0.15) is 0 Å². The summed E-state index contributed by atoms with van der Waals surface area (Å²) < 4.78 is 26.9. The van der Waals surface area contributed by atoms with Gasteiger partial charge in [0.25, 0.3) is 5.91 Å². The lowest BCUT2D eigenvalue weighted by atomic mass is 10.1. The number of anilines is 1. The van der Waals surface area contributed by atoms with Gasteiger partial charge in [0.15, 0.2) is 5.13 Å². The van der Waals surface area contributed by atoms with Crippen molar-refractivity contribution in [1.82, 2.24) is 9.29 Å². The Bertz CT molecular complexity index is 810. The Kier molecular flexibility index (Phi) is 4.47. The van der Waals surface area contributed by atoms with Gasteiger partial charge in [-0.15, -0.1) is 11.3 Å². The second-order valence-electron chi connectivity index (χ2n) is 5.38. The fourth-order valence-corrected chi connectivity index (χ4v) is 4.83. The molecular formula is C15H17N3O3S2. The normalized spacial score (nSPS) is 15.7. The minimum Gasteiger partial charge on any atom is -0.298 e. The van der Waals surface area contributed by atoms with Gasteiger partial charge in [0.05, 0.1) is 4.90 Å². The zero-order valence-corrected chi connectivity index (χ0v) is 14.3. The SMILES string of the molecule is Cc1ccc(C(=O)Nc2nccs2)cc1S(=O)(=O)N1CCCC1. The van der Waals surface area contributed by atoms with E-state index in [0.29, 0.717) is 29.3 Å². The first-order chi connectivity index (χ1) is 11.0. The molecule has 6 nitrogen and oxygen atoms in total. The first-order valence-corrected chi connectivity index (χ1v) is 9.62. The summed E-state index contributed by atoms with van der Waals surface area (Å²) >= 11 is 1.31. The van der Waals surface area contributed by atoms with Gasteiger partial charge in [0, 0.05) is 30.2 Å². The summed E-state index contributed by atoms with van der Waals surface area (Å²) in [4.78, 5) is 16.5. The number of carbonyl (C=O) groups excluding carboxylic acids is 1. The van der Waals surface area contributed by atoms with Gasteiger partial charge < -0.3 is 0 Å². The molecule has 0 saturated carbocycles. The van der Waals surface area contributed by atoms with Crippen LogP contribution in [-0.2, 0) is 10.0 Å². The van der Waals surface area contributed by atoms with Gasteiger partial charge in [-0.05, 0) is 37.5 Å². The van der Waals surface area contributed by atoms with Crippen molar-refractivity contribution in [3.8, 4) is 0 Å². The van der Waals surface area contributed by atoms with Crippen LogP contribution in [0.4, 0.5) is 5.13 Å². The number of amides is 1. The van der Waals surface area contributed by atoms with Crippen LogP contribution in [-0.4, -0.2) is 36.7 Å². The molecule has 8 heteroatoms. The highest BCUT2D eigenvalue weighted by Gasteiger charge is 2.29. The molecule has 1 saturated heterocycles. The average molecular weight is 351 g/mol. The molecule has 122 valence electrons. The van der Waals surface area contributed by atoms with Crippen molar-refractivity contribution in [1.29, 1.82) is 0 Å². The number of benzene rings is 1.